The van der Waals surface area contributed by atoms with Gasteiger partial charge in [0.05, 0.1) is 17.5 Å². The summed E-state index contributed by atoms with van der Waals surface area (Å²) in [6, 6.07) is 5.22. The van der Waals surface area contributed by atoms with E-state index in [1.807, 2.05) is 0 Å². The maximum Gasteiger partial charge on any atom is 0.238 e. The zero-order valence-electron chi connectivity index (χ0n) is 13.5. The van der Waals surface area contributed by atoms with E-state index in [1.54, 1.807) is 18.2 Å². The molecule has 0 unspecified atom stereocenters. The molecule has 1 saturated carbocycles. The van der Waals surface area contributed by atoms with Gasteiger partial charge in [-0.1, -0.05) is 23.3 Å². The highest BCUT2D eigenvalue weighted by atomic mass is 16.7. The molecule has 24 heavy (non-hydrogen) atoms. The number of benzene rings is 1. The van der Waals surface area contributed by atoms with E-state index < -0.39 is 0 Å². The number of anilines is 1. The molecular weight excluding hydrogens is 306 g/mol. The molecule has 122 valence electrons. The van der Waals surface area contributed by atoms with Gasteiger partial charge >= 0.3 is 0 Å². The van der Waals surface area contributed by atoms with Crippen molar-refractivity contribution in [3.05, 3.63) is 41.5 Å². The fourth-order valence-electron chi connectivity index (χ4n) is 4.71. The Bertz CT molecular complexity index is 815. The van der Waals surface area contributed by atoms with Crippen molar-refractivity contribution < 1.29 is 19.1 Å². The standard InChI is InChI=1S/C19H17NO4/c1-9(2)15-11-4-5-12(15)17-16(11)18(21)20(19(17)22)10-3-6-13-14(7-10)24-8-23-13/h3-7,11-12,16-17H,8H2,1-2H3/t11-,12-,16-,17-/m1/s1. The van der Waals surface area contributed by atoms with Crippen LogP contribution < -0.4 is 14.4 Å². The van der Waals surface area contributed by atoms with Gasteiger partial charge in [-0.15, -0.1) is 0 Å². The van der Waals surface area contributed by atoms with Gasteiger partial charge in [-0.25, -0.2) is 4.90 Å². The second kappa shape index (κ2) is 4.50. The highest BCUT2D eigenvalue weighted by Gasteiger charge is 2.61. The molecule has 2 fully saturated rings. The van der Waals surface area contributed by atoms with Crippen LogP contribution in [0.2, 0.25) is 0 Å². The third-order valence-electron chi connectivity index (χ3n) is 5.61. The largest absolute Gasteiger partial charge is 0.454 e. The quantitative estimate of drug-likeness (QED) is 0.589. The summed E-state index contributed by atoms with van der Waals surface area (Å²) in [7, 11) is 0. The van der Waals surface area contributed by atoms with Crippen LogP contribution in [0.3, 0.4) is 0 Å². The summed E-state index contributed by atoms with van der Waals surface area (Å²) in [6.45, 7) is 4.30. The maximum absolute atomic E-state index is 13.0. The molecule has 5 heteroatoms. The molecule has 2 bridgehead atoms. The van der Waals surface area contributed by atoms with Crippen LogP contribution in [0, 0.1) is 23.7 Å². The van der Waals surface area contributed by atoms with E-state index in [-0.39, 0.29) is 42.3 Å². The van der Waals surface area contributed by atoms with Gasteiger partial charge < -0.3 is 9.47 Å². The van der Waals surface area contributed by atoms with Crippen LogP contribution in [0.4, 0.5) is 5.69 Å². The van der Waals surface area contributed by atoms with E-state index in [1.165, 1.54) is 16.0 Å². The summed E-state index contributed by atoms with van der Waals surface area (Å²) in [6.07, 6.45) is 4.20. The van der Waals surface area contributed by atoms with Crippen LogP contribution in [-0.4, -0.2) is 18.6 Å². The molecule has 0 spiro atoms. The molecule has 0 aromatic heterocycles. The Morgan fingerprint density at radius 2 is 1.62 bits per heavy atom. The minimum atomic E-state index is -0.261. The number of hydrogen-bond acceptors (Lipinski definition) is 4. The molecular formula is C19H17NO4. The first-order chi connectivity index (χ1) is 11.6. The van der Waals surface area contributed by atoms with Crippen LogP contribution >= 0.6 is 0 Å². The van der Waals surface area contributed by atoms with E-state index in [9.17, 15) is 9.59 Å². The Labute approximate surface area is 139 Å². The highest BCUT2D eigenvalue weighted by Crippen LogP contribution is 2.57. The number of allylic oxidation sites excluding steroid dienone is 4. The average molecular weight is 323 g/mol. The highest BCUT2D eigenvalue weighted by molar-refractivity contribution is 6.23. The van der Waals surface area contributed by atoms with E-state index in [2.05, 4.69) is 26.0 Å². The van der Waals surface area contributed by atoms with Gasteiger partial charge in [-0.2, -0.15) is 0 Å². The summed E-state index contributed by atoms with van der Waals surface area (Å²) in [5.41, 5.74) is 3.05. The molecule has 5 nitrogen and oxygen atoms in total. The minimum Gasteiger partial charge on any atom is -0.454 e. The van der Waals surface area contributed by atoms with Gasteiger partial charge in [-0.05, 0) is 26.0 Å². The zero-order valence-corrected chi connectivity index (χ0v) is 13.5. The monoisotopic (exact) mass is 323 g/mol. The Morgan fingerprint density at radius 1 is 1.00 bits per heavy atom. The minimum absolute atomic E-state index is 0.0699. The molecule has 2 heterocycles. The van der Waals surface area contributed by atoms with Crippen molar-refractivity contribution in [3.8, 4) is 11.5 Å². The fraction of sp³-hybridized carbons (Fsp3) is 0.368. The first-order valence-corrected chi connectivity index (χ1v) is 8.21. The lowest BCUT2D eigenvalue weighted by atomic mass is 9.85. The van der Waals surface area contributed by atoms with Crippen LogP contribution in [0.25, 0.3) is 0 Å². The van der Waals surface area contributed by atoms with Crippen LogP contribution in [0.15, 0.2) is 41.5 Å². The molecule has 4 atom stereocenters. The number of amides is 2. The van der Waals surface area contributed by atoms with Crippen LogP contribution in [0.1, 0.15) is 13.8 Å². The second-order valence-electron chi connectivity index (χ2n) is 6.99. The fourth-order valence-corrected chi connectivity index (χ4v) is 4.71. The van der Waals surface area contributed by atoms with Crippen molar-refractivity contribution in [1.82, 2.24) is 0 Å². The van der Waals surface area contributed by atoms with Gasteiger partial charge in [0.25, 0.3) is 0 Å². The Morgan fingerprint density at radius 3 is 2.25 bits per heavy atom. The number of fused-ring (bicyclic) bond motifs is 6. The maximum atomic E-state index is 13.0. The molecule has 1 aromatic rings. The third-order valence-corrected chi connectivity index (χ3v) is 5.61. The molecule has 2 aliphatic carbocycles. The van der Waals surface area contributed by atoms with Crippen molar-refractivity contribution in [3.63, 3.8) is 0 Å². The molecule has 5 rings (SSSR count). The summed E-state index contributed by atoms with van der Waals surface area (Å²) >= 11 is 0. The molecule has 0 N–H and O–H groups in total. The van der Waals surface area contributed by atoms with E-state index in [0.29, 0.717) is 17.2 Å². The topological polar surface area (TPSA) is 55.8 Å². The lowest BCUT2D eigenvalue weighted by Gasteiger charge is -2.19. The summed E-state index contributed by atoms with van der Waals surface area (Å²) < 4.78 is 10.7. The Hall–Kier alpha value is -2.56. The number of carbonyl (C=O) groups excluding carboxylic acids is 2. The van der Waals surface area contributed by atoms with Crippen molar-refractivity contribution in [2.45, 2.75) is 13.8 Å². The number of carbonyl (C=O) groups is 2. The lowest BCUT2D eigenvalue weighted by molar-refractivity contribution is -0.122. The van der Waals surface area contributed by atoms with E-state index in [4.69, 9.17) is 9.47 Å². The van der Waals surface area contributed by atoms with Gasteiger partial charge in [0.2, 0.25) is 18.6 Å². The average Bonchev–Trinajstić information content (AvgIpc) is 3.29. The Balaban J connectivity index is 1.56. The first kappa shape index (κ1) is 13.8. The predicted octanol–water partition coefficient (Wildman–Crippen LogP) is 2.67. The normalized spacial score (nSPS) is 32.1. The van der Waals surface area contributed by atoms with E-state index in [0.717, 1.165) is 0 Å². The molecule has 2 amide bonds. The molecule has 2 aliphatic heterocycles. The van der Waals surface area contributed by atoms with Crippen molar-refractivity contribution in [2.75, 3.05) is 11.7 Å². The number of nitrogens with zero attached hydrogens (tertiary/aromatic N) is 1. The number of ether oxygens (including phenoxy) is 2. The Kier molecular flexibility index (Phi) is 2.59. The molecule has 4 aliphatic rings. The van der Waals surface area contributed by atoms with Gasteiger partial charge in [0.15, 0.2) is 11.5 Å². The number of imide groups is 1. The number of rotatable bonds is 1. The first-order valence-electron chi connectivity index (χ1n) is 8.21. The number of hydrogen-bond donors (Lipinski definition) is 0. The second-order valence-corrected chi connectivity index (χ2v) is 6.99. The van der Waals surface area contributed by atoms with Gasteiger partial charge in [0, 0.05) is 17.9 Å². The summed E-state index contributed by atoms with van der Waals surface area (Å²) in [5, 5.41) is 0. The van der Waals surface area contributed by atoms with Crippen molar-refractivity contribution >= 4 is 17.5 Å². The smallest absolute Gasteiger partial charge is 0.238 e. The van der Waals surface area contributed by atoms with Crippen LogP contribution in [0.5, 0.6) is 11.5 Å². The molecule has 1 saturated heterocycles. The lowest BCUT2D eigenvalue weighted by Crippen LogP contribution is -2.33. The summed E-state index contributed by atoms with van der Waals surface area (Å²) in [5.74, 6) is 0.647. The van der Waals surface area contributed by atoms with Crippen LogP contribution in [-0.2, 0) is 9.59 Å². The molecule has 0 radical (unpaired) electrons. The third kappa shape index (κ3) is 1.54. The van der Waals surface area contributed by atoms with Crippen molar-refractivity contribution in [2.24, 2.45) is 23.7 Å². The predicted molar refractivity (Wildman–Crippen MR) is 86.5 cm³/mol. The van der Waals surface area contributed by atoms with Crippen molar-refractivity contribution in [1.29, 1.82) is 0 Å². The van der Waals surface area contributed by atoms with E-state index >= 15 is 0 Å². The van der Waals surface area contributed by atoms with Gasteiger partial charge in [-0.3, -0.25) is 9.59 Å². The summed E-state index contributed by atoms with van der Waals surface area (Å²) in [4.78, 5) is 27.4. The molecule has 1 aromatic carbocycles. The van der Waals surface area contributed by atoms with Gasteiger partial charge in [0.1, 0.15) is 0 Å². The SMILES string of the molecule is CC(C)=C1[C@H]2C=C[C@H]1[C@H]1C(=O)N(c3ccc4c(c3)OCO4)C(=O)[C@@H]12. The zero-order chi connectivity index (χ0) is 16.6.